The Morgan fingerprint density at radius 1 is 1.13 bits per heavy atom. The van der Waals surface area contributed by atoms with E-state index in [-0.39, 0.29) is 23.3 Å². The van der Waals surface area contributed by atoms with Gasteiger partial charge in [0.25, 0.3) is 11.8 Å². The maximum absolute atomic E-state index is 13.1. The van der Waals surface area contributed by atoms with Crippen LogP contribution in [-0.4, -0.2) is 77.3 Å². The summed E-state index contributed by atoms with van der Waals surface area (Å²) in [5, 5.41) is 7.24. The first-order chi connectivity index (χ1) is 14.6. The number of aryl methyl sites for hydroxylation is 1. The van der Waals surface area contributed by atoms with Gasteiger partial charge in [0.2, 0.25) is 0 Å². The number of hydrogen-bond acceptors (Lipinski definition) is 5. The van der Waals surface area contributed by atoms with Gasteiger partial charge < -0.3 is 15.0 Å². The van der Waals surface area contributed by atoms with Crippen LogP contribution in [0.4, 0.5) is 4.39 Å². The molecule has 2 amide bonds. The molecule has 2 aromatic rings. The molecule has 1 fully saturated rings. The van der Waals surface area contributed by atoms with Crippen molar-refractivity contribution in [1.29, 1.82) is 0 Å². The summed E-state index contributed by atoms with van der Waals surface area (Å²) < 4.78 is 20.1. The number of ether oxygens (including phenoxy) is 1. The molecule has 3 heterocycles. The summed E-state index contributed by atoms with van der Waals surface area (Å²) in [5.41, 5.74) is 1.52. The van der Waals surface area contributed by atoms with Gasteiger partial charge in [-0.15, -0.1) is 0 Å². The molecule has 0 saturated carbocycles. The van der Waals surface area contributed by atoms with Crippen LogP contribution in [0.2, 0.25) is 0 Å². The summed E-state index contributed by atoms with van der Waals surface area (Å²) in [6, 6.07) is 7.70. The smallest absolute Gasteiger partial charge is 0.272 e. The molecule has 4 rings (SSSR count). The van der Waals surface area contributed by atoms with Crippen molar-refractivity contribution in [3.05, 3.63) is 53.1 Å². The third-order valence-corrected chi connectivity index (χ3v) is 5.42. The predicted octanol–water partition coefficient (Wildman–Crippen LogP) is 1.13. The van der Waals surface area contributed by atoms with E-state index in [1.165, 1.54) is 12.1 Å². The molecule has 0 unspecified atom stereocenters. The zero-order chi connectivity index (χ0) is 20.9. The SMILES string of the molecule is O=C(NCCN1CCOCC1)c1cc2n(n1)CCCN(Cc1ccc(F)cc1)C2=O. The van der Waals surface area contributed by atoms with Crippen molar-refractivity contribution in [3.63, 3.8) is 0 Å². The van der Waals surface area contributed by atoms with Crippen LogP contribution in [0.15, 0.2) is 30.3 Å². The predicted molar refractivity (Wildman–Crippen MR) is 108 cm³/mol. The molecular formula is C21H26FN5O3. The second-order valence-electron chi connectivity index (χ2n) is 7.55. The number of morpholine rings is 1. The number of amides is 2. The quantitative estimate of drug-likeness (QED) is 0.765. The number of fused-ring (bicyclic) bond motifs is 1. The van der Waals surface area contributed by atoms with Crippen LogP contribution < -0.4 is 5.32 Å². The van der Waals surface area contributed by atoms with E-state index < -0.39 is 0 Å². The van der Waals surface area contributed by atoms with E-state index in [0.29, 0.717) is 31.9 Å². The van der Waals surface area contributed by atoms with Crippen LogP contribution in [0, 0.1) is 5.82 Å². The fourth-order valence-electron chi connectivity index (χ4n) is 3.75. The van der Waals surface area contributed by atoms with Gasteiger partial charge >= 0.3 is 0 Å². The number of rotatable bonds is 6. The molecule has 2 aliphatic heterocycles. The molecule has 1 aromatic carbocycles. The number of aromatic nitrogens is 2. The van der Waals surface area contributed by atoms with Gasteiger partial charge in [-0.25, -0.2) is 4.39 Å². The minimum atomic E-state index is -0.303. The standard InChI is InChI=1S/C21H26FN5O3/c22-17-4-2-16(3-5-17)15-26-7-1-8-27-19(21(26)29)14-18(24-27)20(28)23-6-9-25-10-12-30-13-11-25/h2-5,14H,1,6-13,15H2,(H,23,28). The molecule has 8 nitrogen and oxygen atoms in total. The molecule has 0 bridgehead atoms. The van der Waals surface area contributed by atoms with Crippen LogP contribution >= 0.6 is 0 Å². The maximum Gasteiger partial charge on any atom is 0.272 e. The largest absolute Gasteiger partial charge is 0.379 e. The number of hydrogen-bond donors (Lipinski definition) is 1. The Hall–Kier alpha value is -2.78. The highest BCUT2D eigenvalue weighted by Gasteiger charge is 2.26. The van der Waals surface area contributed by atoms with Gasteiger partial charge in [-0.2, -0.15) is 5.10 Å². The molecular weight excluding hydrogens is 389 g/mol. The highest BCUT2D eigenvalue weighted by molar-refractivity contribution is 5.98. The summed E-state index contributed by atoms with van der Waals surface area (Å²) in [6.07, 6.45) is 0.736. The maximum atomic E-state index is 13.1. The first-order valence-electron chi connectivity index (χ1n) is 10.3. The van der Waals surface area contributed by atoms with Gasteiger partial charge in [-0.05, 0) is 24.1 Å². The molecule has 0 radical (unpaired) electrons. The first kappa shape index (κ1) is 20.5. The van der Waals surface area contributed by atoms with Gasteiger partial charge in [0, 0.05) is 51.9 Å². The van der Waals surface area contributed by atoms with Crippen LogP contribution in [0.25, 0.3) is 0 Å². The summed E-state index contributed by atoms with van der Waals surface area (Å²) in [5.74, 6) is -0.748. The molecule has 0 spiro atoms. The topological polar surface area (TPSA) is 79.7 Å². The average Bonchev–Trinajstić information content (AvgIpc) is 3.13. The van der Waals surface area contributed by atoms with Crippen molar-refractivity contribution in [3.8, 4) is 0 Å². The Morgan fingerprint density at radius 2 is 1.90 bits per heavy atom. The number of halogens is 1. The minimum Gasteiger partial charge on any atom is -0.379 e. The molecule has 0 atom stereocenters. The van der Waals surface area contributed by atoms with Gasteiger partial charge in [-0.3, -0.25) is 19.2 Å². The van der Waals surface area contributed by atoms with Crippen molar-refractivity contribution < 1.29 is 18.7 Å². The summed E-state index contributed by atoms with van der Waals surface area (Å²) in [7, 11) is 0. The van der Waals surface area contributed by atoms with Crippen LogP contribution in [0.5, 0.6) is 0 Å². The average molecular weight is 415 g/mol. The first-order valence-corrected chi connectivity index (χ1v) is 10.3. The second-order valence-corrected chi connectivity index (χ2v) is 7.55. The van der Waals surface area contributed by atoms with Crippen molar-refractivity contribution in [2.75, 3.05) is 45.9 Å². The molecule has 2 aliphatic rings. The summed E-state index contributed by atoms with van der Waals surface area (Å²) >= 11 is 0. The lowest BCUT2D eigenvalue weighted by molar-refractivity contribution is 0.0383. The number of nitrogens with one attached hydrogen (secondary N) is 1. The third-order valence-electron chi connectivity index (χ3n) is 5.42. The van der Waals surface area contributed by atoms with E-state index in [4.69, 9.17) is 4.74 Å². The molecule has 0 aliphatic carbocycles. The Balaban J connectivity index is 1.38. The normalized spacial score (nSPS) is 17.5. The van der Waals surface area contributed by atoms with Gasteiger partial charge in [-0.1, -0.05) is 12.1 Å². The van der Waals surface area contributed by atoms with Crippen LogP contribution in [0.3, 0.4) is 0 Å². The fraction of sp³-hybridized carbons (Fsp3) is 0.476. The fourth-order valence-corrected chi connectivity index (χ4v) is 3.75. The summed E-state index contributed by atoms with van der Waals surface area (Å²) in [4.78, 5) is 29.5. The van der Waals surface area contributed by atoms with Crippen molar-refractivity contribution in [2.45, 2.75) is 19.5 Å². The van der Waals surface area contributed by atoms with Crippen molar-refractivity contribution in [2.24, 2.45) is 0 Å². The monoisotopic (exact) mass is 415 g/mol. The highest BCUT2D eigenvalue weighted by atomic mass is 19.1. The Kier molecular flexibility index (Phi) is 6.39. The Morgan fingerprint density at radius 3 is 2.67 bits per heavy atom. The van der Waals surface area contributed by atoms with E-state index in [1.54, 1.807) is 27.8 Å². The van der Waals surface area contributed by atoms with Crippen LogP contribution in [0.1, 0.15) is 33.0 Å². The van der Waals surface area contributed by atoms with Crippen molar-refractivity contribution >= 4 is 11.8 Å². The van der Waals surface area contributed by atoms with E-state index in [1.807, 2.05) is 0 Å². The van der Waals surface area contributed by atoms with Gasteiger partial charge in [0.05, 0.1) is 13.2 Å². The number of benzene rings is 1. The molecule has 1 aromatic heterocycles. The number of nitrogens with zero attached hydrogens (tertiary/aromatic N) is 4. The molecule has 9 heteroatoms. The number of carbonyl (C=O) groups is 2. The lowest BCUT2D eigenvalue weighted by Gasteiger charge is -2.26. The minimum absolute atomic E-state index is 0.170. The lowest BCUT2D eigenvalue weighted by Crippen LogP contribution is -2.41. The molecule has 1 N–H and O–H groups in total. The van der Waals surface area contributed by atoms with Crippen molar-refractivity contribution in [1.82, 2.24) is 24.9 Å². The third kappa shape index (κ3) is 4.85. The van der Waals surface area contributed by atoms with E-state index in [2.05, 4.69) is 15.3 Å². The van der Waals surface area contributed by atoms with E-state index in [9.17, 15) is 14.0 Å². The number of carbonyl (C=O) groups excluding carboxylic acids is 2. The van der Waals surface area contributed by atoms with Gasteiger partial charge in [0.15, 0.2) is 5.69 Å². The zero-order valence-electron chi connectivity index (χ0n) is 16.8. The zero-order valence-corrected chi connectivity index (χ0v) is 16.8. The summed E-state index contributed by atoms with van der Waals surface area (Å²) in [6.45, 7) is 6.00. The van der Waals surface area contributed by atoms with Crippen LogP contribution in [-0.2, 0) is 17.8 Å². The van der Waals surface area contributed by atoms with E-state index in [0.717, 1.165) is 44.8 Å². The van der Waals surface area contributed by atoms with E-state index >= 15 is 0 Å². The Bertz CT molecular complexity index is 893. The highest BCUT2D eigenvalue weighted by Crippen LogP contribution is 2.17. The molecule has 160 valence electrons. The molecule has 1 saturated heterocycles. The lowest BCUT2D eigenvalue weighted by atomic mass is 10.2. The second kappa shape index (κ2) is 9.36. The molecule has 30 heavy (non-hydrogen) atoms. The Labute approximate surface area is 174 Å². The van der Waals surface area contributed by atoms with Gasteiger partial charge in [0.1, 0.15) is 11.5 Å².